The van der Waals surface area contributed by atoms with E-state index in [0.29, 0.717) is 24.9 Å². The second-order valence-corrected chi connectivity index (χ2v) is 6.36. The number of hydrogen-bond acceptors (Lipinski definition) is 7. The third-order valence-corrected chi connectivity index (χ3v) is 4.50. The number of imidazole rings is 1. The summed E-state index contributed by atoms with van der Waals surface area (Å²) in [5.74, 6) is 1.89. The Bertz CT molecular complexity index is 883. The monoisotopic (exact) mass is 411 g/mol. The Morgan fingerprint density at radius 2 is 2.07 bits per heavy atom. The molecule has 8 nitrogen and oxygen atoms in total. The molecular formula is C17H23Cl2N7O. The summed E-state index contributed by atoms with van der Waals surface area (Å²) in [7, 11) is 1.65. The lowest BCUT2D eigenvalue weighted by atomic mass is 9.78. The Kier molecular flexibility index (Phi) is 7.32. The fourth-order valence-electron chi connectivity index (χ4n) is 3.12. The van der Waals surface area contributed by atoms with Crippen molar-refractivity contribution in [2.45, 2.75) is 38.0 Å². The molecule has 0 spiro atoms. The fraction of sp³-hybridized carbons (Fsp3) is 0.412. The van der Waals surface area contributed by atoms with E-state index in [2.05, 4.69) is 25.3 Å². The molecule has 0 saturated heterocycles. The lowest BCUT2D eigenvalue weighted by Crippen LogP contribution is -2.35. The molecule has 1 saturated carbocycles. The highest BCUT2D eigenvalue weighted by Gasteiger charge is 2.29. The van der Waals surface area contributed by atoms with Crippen LogP contribution in [-0.2, 0) is 17.9 Å². The highest BCUT2D eigenvalue weighted by Crippen LogP contribution is 2.35. The first-order valence-corrected chi connectivity index (χ1v) is 8.35. The van der Waals surface area contributed by atoms with Crippen LogP contribution in [-0.4, -0.2) is 37.5 Å². The van der Waals surface area contributed by atoms with E-state index in [1.807, 2.05) is 22.9 Å². The quantitative estimate of drug-likeness (QED) is 0.641. The summed E-state index contributed by atoms with van der Waals surface area (Å²) in [5.41, 5.74) is 8.82. The van der Waals surface area contributed by atoms with Crippen LogP contribution < -0.4 is 11.1 Å². The maximum absolute atomic E-state index is 5.92. The minimum absolute atomic E-state index is 0. The number of methoxy groups -OCH3 is 1. The molecule has 3 heterocycles. The van der Waals surface area contributed by atoms with E-state index in [1.54, 1.807) is 19.5 Å². The van der Waals surface area contributed by atoms with Crippen molar-refractivity contribution in [1.82, 2.24) is 24.3 Å². The Labute approximate surface area is 169 Å². The summed E-state index contributed by atoms with van der Waals surface area (Å²) < 4.78 is 7.20. The number of fused-ring (bicyclic) bond motifs is 1. The maximum atomic E-state index is 5.92. The fourth-order valence-corrected chi connectivity index (χ4v) is 3.12. The zero-order valence-corrected chi connectivity index (χ0v) is 16.5. The summed E-state index contributed by atoms with van der Waals surface area (Å²) in [6, 6.07) is 2.30. The number of nitrogens with one attached hydrogen (secondary N) is 1. The molecule has 0 radical (unpaired) electrons. The van der Waals surface area contributed by atoms with Crippen molar-refractivity contribution < 1.29 is 4.74 Å². The average Bonchev–Trinajstić information content (AvgIpc) is 3.00. The van der Waals surface area contributed by atoms with Crippen LogP contribution in [0.25, 0.3) is 5.65 Å². The van der Waals surface area contributed by atoms with Gasteiger partial charge >= 0.3 is 0 Å². The van der Waals surface area contributed by atoms with Crippen LogP contribution in [0.15, 0.2) is 30.9 Å². The molecular weight excluding hydrogens is 389 g/mol. The molecule has 0 atom stereocenters. The van der Waals surface area contributed by atoms with Gasteiger partial charge in [-0.05, 0) is 12.8 Å². The first kappa shape index (κ1) is 21.3. The van der Waals surface area contributed by atoms with E-state index in [4.69, 9.17) is 10.5 Å². The molecule has 4 rings (SSSR count). The van der Waals surface area contributed by atoms with Crippen molar-refractivity contribution in [2.24, 2.45) is 5.73 Å². The van der Waals surface area contributed by atoms with Gasteiger partial charge in [0.2, 0.25) is 0 Å². The van der Waals surface area contributed by atoms with Crippen LogP contribution in [0.2, 0.25) is 0 Å². The van der Waals surface area contributed by atoms with E-state index in [1.165, 1.54) is 0 Å². The predicted molar refractivity (Wildman–Crippen MR) is 108 cm³/mol. The predicted octanol–water partition coefficient (Wildman–Crippen LogP) is 2.33. The average molecular weight is 412 g/mol. The van der Waals surface area contributed by atoms with Gasteiger partial charge in [-0.15, -0.1) is 24.8 Å². The largest absolute Gasteiger partial charge is 0.377 e. The SMILES string of the molecule is COCc1nc(NCc2cnc3cnccn23)cc(C2CC(N)C2)n1.Cl.Cl. The molecule has 27 heavy (non-hydrogen) atoms. The highest BCUT2D eigenvalue weighted by molar-refractivity contribution is 5.85. The smallest absolute Gasteiger partial charge is 0.156 e. The molecule has 10 heteroatoms. The van der Waals surface area contributed by atoms with Gasteiger partial charge in [0.05, 0.1) is 24.6 Å². The molecule has 0 amide bonds. The van der Waals surface area contributed by atoms with Gasteiger partial charge in [0, 0.05) is 43.2 Å². The molecule has 1 fully saturated rings. The maximum Gasteiger partial charge on any atom is 0.156 e. The molecule has 1 aliphatic rings. The molecule has 0 aliphatic heterocycles. The zero-order valence-electron chi connectivity index (χ0n) is 14.9. The number of hydrogen-bond donors (Lipinski definition) is 2. The van der Waals surface area contributed by atoms with Gasteiger partial charge in [0.25, 0.3) is 0 Å². The summed E-state index contributed by atoms with van der Waals surface area (Å²) in [4.78, 5) is 17.6. The highest BCUT2D eigenvalue weighted by atomic mass is 35.5. The van der Waals surface area contributed by atoms with Gasteiger partial charge in [-0.3, -0.25) is 9.38 Å². The van der Waals surface area contributed by atoms with E-state index < -0.39 is 0 Å². The number of nitrogens with two attached hydrogens (primary N) is 1. The first-order valence-electron chi connectivity index (χ1n) is 8.35. The van der Waals surface area contributed by atoms with Gasteiger partial charge in [0.1, 0.15) is 12.4 Å². The molecule has 0 bridgehead atoms. The van der Waals surface area contributed by atoms with E-state index in [-0.39, 0.29) is 30.9 Å². The van der Waals surface area contributed by atoms with Gasteiger partial charge in [-0.2, -0.15) is 0 Å². The molecule has 3 N–H and O–H groups in total. The Morgan fingerprint density at radius 1 is 1.26 bits per heavy atom. The van der Waals surface area contributed by atoms with E-state index >= 15 is 0 Å². The number of rotatable bonds is 6. The molecule has 0 unspecified atom stereocenters. The van der Waals surface area contributed by atoms with Crippen molar-refractivity contribution in [1.29, 1.82) is 0 Å². The van der Waals surface area contributed by atoms with Crippen molar-refractivity contribution in [3.63, 3.8) is 0 Å². The third-order valence-electron chi connectivity index (χ3n) is 4.50. The van der Waals surface area contributed by atoms with Gasteiger partial charge < -0.3 is 15.8 Å². The summed E-state index contributed by atoms with van der Waals surface area (Å²) in [5, 5.41) is 3.37. The topological polar surface area (TPSA) is 103 Å². The Balaban J connectivity index is 0.00000131. The van der Waals surface area contributed by atoms with Crippen LogP contribution >= 0.6 is 24.8 Å². The molecule has 1 aliphatic carbocycles. The number of anilines is 1. The van der Waals surface area contributed by atoms with Crippen LogP contribution in [0.1, 0.15) is 36.0 Å². The van der Waals surface area contributed by atoms with Crippen molar-refractivity contribution >= 4 is 36.3 Å². The van der Waals surface area contributed by atoms with Crippen molar-refractivity contribution in [2.75, 3.05) is 12.4 Å². The van der Waals surface area contributed by atoms with E-state index in [9.17, 15) is 0 Å². The molecule has 146 valence electrons. The molecule has 0 aromatic carbocycles. The second kappa shape index (κ2) is 9.27. The minimum atomic E-state index is 0. The van der Waals surface area contributed by atoms with Gasteiger partial charge in [0.15, 0.2) is 11.5 Å². The second-order valence-electron chi connectivity index (χ2n) is 6.36. The Morgan fingerprint density at radius 3 is 2.81 bits per heavy atom. The summed E-state index contributed by atoms with van der Waals surface area (Å²) in [6.07, 6.45) is 9.18. The summed E-state index contributed by atoms with van der Waals surface area (Å²) in [6.45, 7) is 1.00. The normalized spacial score (nSPS) is 18.3. The number of halogens is 2. The zero-order chi connectivity index (χ0) is 17.2. The lowest BCUT2D eigenvalue weighted by molar-refractivity contribution is 0.177. The van der Waals surface area contributed by atoms with E-state index in [0.717, 1.165) is 35.7 Å². The van der Waals surface area contributed by atoms with Gasteiger partial charge in [-0.25, -0.2) is 15.0 Å². The number of ether oxygens (including phenoxy) is 1. The third kappa shape index (κ3) is 4.65. The van der Waals surface area contributed by atoms with Crippen molar-refractivity contribution in [3.8, 4) is 0 Å². The van der Waals surface area contributed by atoms with Crippen molar-refractivity contribution in [3.05, 3.63) is 48.1 Å². The molecule has 3 aromatic rings. The van der Waals surface area contributed by atoms with Crippen LogP contribution in [0.4, 0.5) is 5.82 Å². The first-order chi connectivity index (χ1) is 12.2. The molecule has 3 aromatic heterocycles. The number of aromatic nitrogens is 5. The minimum Gasteiger partial charge on any atom is -0.377 e. The van der Waals surface area contributed by atoms with Crippen LogP contribution in [0.3, 0.4) is 0 Å². The lowest BCUT2D eigenvalue weighted by Gasteiger charge is -2.32. The van der Waals surface area contributed by atoms with Crippen LogP contribution in [0.5, 0.6) is 0 Å². The van der Waals surface area contributed by atoms with Crippen LogP contribution in [0, 0.1) is 0 Å². The van der Waals surface area contributed by atoms with Gasteiger partial charge in [-0.1, -0.05) is 0 Å². The standard InChI is InChI=1S/C17H21N7O.2ClH/c1-25-10-16-22-14(11-4-12(18)5-11)6-15(23-16)20-7-13-8-21-17-9-19-2-3-24(13)17;;/h2-3,6,8-9,11-12H,4-5,7,10,18H2,1H3,(H,20,22,23);2*1H. The number of nitrogens with zero attached hydrogens (tertiary/aromatic N) is 5. The summed E-state index contributed by atoms with van der Waals surface area (Å²) >= 11 is 0. The Hall–Kier alpha value is -2.00.